The second-order valence-electron chi connectivity index (χ2n) is 10.5. The number of rotatable bonds is 10. The van der Waals surface area contributed by atoms with Crippen LogP contribution < -0.4 is 16.8 Å². The van der Waals surface area contributed by atoms with Gasteiger partial charge in [-0.1, -0.05) is 39.0 Å². The third kappa shape index (κ3) is 7.78. The van der Waals surface area contributed by atoms with Gasteiger partial charge in [-0.15, -0.1) is 0 Å². The number of primary amides is 1. The minimum Gasteiger partial charge on any atom is -0.371 e. The van der Waals surface area contributed by atoms with Crippen molar-refractivity contribution in [3.05, 3.63) is 0 Å². The number of amides is 3. The molecule has 0 bridgehead atoms. The number of likely N-dealkylation sites (tertiary alicyclic amines) is 1. The van der Waals surface area contributed by atoms with Crippen LogP contribution in [0.3, 0.4) is 0 Å². The van der Waals surface area contributed by atoms with E-state index in [9.17, 15) is 19.2 Å². The Kier molecular flexibility index (Phi) is 9.84. The Morgan fingerprint density at radius 2 is 1.76 bits per heavy atom. The molecule has 0 aromatic carbocycles. The number of hydrogen-bond acceptors (Lipinski definition) is 6. The number of ether oxygens (including phenoxy) is 1. The molecule has 188 valence electrons. The molecule has 33 heavy (non-hydrogen) atoms. The molecule has 1 aliphatic carbocycles. The van der Waals surface area contributed by atoms with E-state index in [2.05, 4.69) is 5.32 Å². The summed E-state index contributed by atoms with van der Waals surface area (Å²) in [5, 5.41) is 2.68. The molecule has 1 saturated carbocycles. The fourth-order valence-corrected chi connectivity index (χ4v) is 4.88. The number of unbranched alkanes of at least 4 members (excludes halogenated alkanes) is 1. The van der Waals surface area contributed by atoms with Crippen molar-refractivity contribution < 1.29 is 23.9 Å². The lowest BCUT2D eigenvalue weighted by atomic mass is 9.83. The highest BCUT2D eigenvalue weighted by Crippen LogP contribution is 2.30. The van der Waals surface area contributed by atoms with Crippen molar-refractivity contribution in [2.24, 2.45) is 17.4 Å². The van der Waals surface area contributed by atoms with Gasteiger partial charge < -0.3 is 26.4 Å². The lowest BCUT2D eigenvalue weighted by Gasteiger charge is -2.32. The molecule has 0 aromatic rings. The zero-order valence-electron chi connectivity index (χ0n) is 20.6. The van der Waals surface area contributed by atoms with Crippen LogP contribution in [0.15, 0.2) is 0 Å². The first-order valence-electron chi connectivity index (χ1n) is 12.3. The van der Waals surface area contributed by atoms with E-state index >= 15 is 0 Å². The van der Waals surface area contributed by atoms with Gasteiger partial charge in [-0.3, -0.25) is 19.2 Å². The van der Waals surface area contributed by atoms with Gasteiger partial charge in [0.15, 0.2) is 0 Å². The smallest absolute Gasteiger partial charge is 0.287 e. The van der Waals surface area contributed by atoms with Crippen LogP contribution in [0.1, 0.15) is 85.5 Å². The Morgan fingerprint density at radius 3 is 2.30 bits per heavy atom. The molecule has 2 rings (SSSR count). The number of nitrogens with zero attached hydrogens (tertiary/aromatic N) is 1. The second-order valence-corrected chi connectivity index (χ2v) is 10.5. The summed E-state index contributed by atoms with van der Waals surface area (Å²) in [4.78, 5) is 51.9. The zero-order valence-corrected chi connectivity index (χ0v) is 20.6. The molecule has 9 heteroatoms. The van der Waals surface area contributed by atoms with E-state index in [1.54, 1.807) is 0 Å². The molecule has 2 fully saturated rings. The standard InChI is InChI=1S/C24H42N4O5/c1-5-6-12-17(20(29)21(26)30)27-22(31)18-13-16(33-24(2,3)4)14-28(18)23(32)19(25)15-10-8-7-9-11-15/h15-19H,5-14,25H2,1-4H3,(H2,26,30)(H,27,31)/t16-,17?,18+,19+/m1/s1. The Hall–Kier alpha value is -2.00. The van der Waals surface area contributed by atoms with Crippen LogP contribution in [0.4, 0.5) is 0 Å². The van der Waals surface area contributed by atoms with Gasteiger partial charge in [0.1, 0.15) is 6.04 Å². The predicted molar refractivity (Wildman–Crippen MR) is 125 cm³/mol. The molecular formula is C24H42N4O5. The normalized spacial score (nSPS) is 23.7. The molecular weight excluding hydrogens is 424 g/mol. The molecule has 5 N–H and O–H groups in total. The molecule has 4 atom stereocenters. The summed E-state index contributed by atoms with van der Waals surface area (Å²) in [5.74, 6) is -2.53. The van der Waals surface area contributed by atoms with Crippen molar-refractivity contribution in [2.45, 2.75) is 115 Å². The van der Waals surface area contributed by atoms with Crippen LogP contribution in [0.2, 0.25) is 0 Å². The van der Waals surface area contributed by atoms with Gasteiger partial charge in [0.25, 0.3) is 5.91 Å². The van der Waals surface area contributed by atoms with E-state index in [1.807, 2.05) is 27.7 Å². The fourth-order valence-electron chi connectivity index (χ4n) is 4.88. The minimum atomic E-state index is -1.08. The Balaban J connectivity index is 2.20. The zero-order chi connectivity index (χ0) is 24.8. The topological polar surface area (TPSA) is 145 Å². The largest absolute Gasteiger partial charge is 0.371 e. The maximum absolute atomic E-state index is 13.4. The molecule has 9 nitrogen and oxygen atoms in total. The monoisotopic (exact) mass is 466 g/mol. The van der Waals surface area contributed by atoms with Crippen LogP contribution in [0, 0.1) is 5.92 Å². The summed E-state index contributed by atoms with van der Waals surface area (Å²) in [7, 11) is 0. The van der Waals surface area contributed by atoms with Crippen LogP contribution in [0.25, 0.3) is 0 Å². The lowest BCUT2D eigenvalue weighted by molar-refractivity contribution is -0.142. The van der Waals surface area contributed by atoms with Crippen molar-refractivity contribution in [1.82, 2.24) is 10.2 Å². The molecule has 0 aromatic heterocycles. The van der Waals surface area contributed by atoms with Crippen molar-refractivity contribution in [2.75, 3.05) is 6.54 Å². The fraction of sp³-hybridized carbons (Fsp3) is 0.833. The third-order valence-corrected chi connectivity index (χ3v) is 6.53. The summed E-state index contributed by atoms with van der Waals surface area (Å²) in [5.41, 5.74) is 11.1. The predicted octanol–water partition coefficient (Wildman–Crippen LogP) is 1.41. The molecule has 1 heterocycles. The number of hydrogen-bond donors (Lipinski definition) is 3. The van der Waals surface area contributed by atoms with Crippen LogP contribution in [0.5, 0.6) is 0 Å². The van der Waals surface area contributed by atoms with E-state index < -0.39 is 41.3 Å². The first-order valence-corrected chi connectivity index (χ1v) is 12.3. The van der Waals surface area contributed by atoms with E-state index in [4.69, 9.17) is 16.2 Å². The maximum atomic E-state index is 13.4. The van der Waals surface area contributed by atoms with Crippen molar-refractivity contribution in [1.29, 1.82) is 0 Å². The third-order valence-electron chi connectivity index (χ3n) is 6.53. The Morgan fingerprint density at radius 1 is 1.12 bits per heavy atom. The van der Waals surface area contributed by atoms with Gasteiger partial charge in [0, 0.05) is 13.0 Å². The SMILES string of the molecule is CCCCC(NC(=O)[C@@H]1C[C@@H](OC(C)(C)C)CN1C(=O)[C@@H](N)C1CCCCC1)C(=O)C(N)=O. The van der Waals surface area contributed by atoms with Gasteiger partial charge in [0.05, 0.1) is 23.8 Å². The summed E-state index contributed by atoms with van der Waals surface area (Å²) in [6.07, 6.45) is 6.82. The van der Waals surface area contributed by atoms with E-state index in [0.717, 1.165) is 38.5 Å². The second kappa shape index (κ2) is 11.9. The minimum absolute atomic E-state index is 0.103. The first kappa shape index (κ1) is 27.2. The van der Waals surface area contributed by atoms with Crippen LogP contribution in [-0.4, -0.2) is 64.8 Å². The first-order chi connectivity index (χ1) is 15.4. The van der Waals surface area contributed by atoms with Crippen LogP contribution in [-0.2, 0) is 23.9 Å². The number of carbonyl (C=O) groups is 4. The highest BCUT2D eigenvalue weighted by molar-refractivity contribution is 6.37. The quantitative estimate of drug-likeness (QED) is 0.415. The molecule has 0 spiro atoms. The lowest BCUT2D eigenvalue weighted by Crippen LogP contribution is -2.56. The molecule has 1 unspecified atom stereocenters. The number of Topliss-reactive ketones (excluding diaryl/α,β-unsaturated/α-hetero) is 1. The van der Waals surface area contributed by atoms with Gasteiger partial charge in [0.2, 0.25) is 17.6 Å². The summed E-state index contributed by atoms with van der Waals surface area (Å²) in [6.45, 7) is 7.98. The summed E-state index contributed by atoms with van der Waals surface area (Å²) >= 11 is 0. The van der Waals surface area contributed by atoms with Gasteiger partial charge in [-0.05, 0) is 46.0 Å². The number of nitrogens with one attached hydrogen (secondary N) is 1. The molecule has 1 saturated heterocycles. The van der Waals surface area contributed by atoms with Gasteiger partial charge >= 0.3 is 0 Å². The van der Waals surface area contributed by atoms with E-state index in [-0.39, 0.29) is 24.5 Å². The average molecular weight is 467 g/mol. The van der Waals surface area contributed by atoms with Crippen molar-refractivity contribution in [3.8, 4) is 0 Å². The Labute approximate surface area is 197 Å². The van der Waals surface area contributed by atoms with Crippen molar-refractivity contribution in [3.63, 3.8) is 0 Å². The maximum Gasteiger partial charge on any atom is 0.287 e. The summed E-state index contributed by atoms with van der Waals surface area (Å²) in [6, 6.07) is -2.48. The van der Waals surface area contributed by atoms with E-state index in [0.29, 0.717) is 19.3 Å². The van der Waals surface area contributed by atoms with Gasteiger partial charge in [-0.25, -0.2) is 0 Å². The van der Waals surface area contributed by atoms with Gasteiger partial charge in [-0.2, -0.15) is 0 Å². The molecule has 2 aliphatic rings. The highest BCUT2D eigenvalue weighted by Gasteiger charge is 2.44. The van der Waals surface area contributed by atoms with Crippen molar-refractivity contribution >= 4 is 23.5 Å². The number of ketones is 1. The van der Waals surface area contributed by atoms with Crippen LogP contribution >= 0.6 is 0 Å². The molecule has 1 aliphatic heterocycles. The molecule has 0 radical (unpaired) electrons. The highest BCUT2D eigenvalue weighted by atomic mass is 16.5. The van der Waals surface area contributed by atoms with E-state index in [1.165, 1.54) is 4.90 Å². The number of carbonyl (C=O) groups excluding carboxylic acids is 4. The molecule has 3 amide bonds. The number of nitrogens with two attached hydrogens (primary N) is 2. The Bertz CT molecular complexity index is 714. The summed E-state index contributed by atoms with van der Waals surface area (Å²) < 4.78 is 6.08. The average Bonchev–Trinajstić information content (AvgIpc) is 3.17.